The smallest absolute Gasteiger partial charge is 0.399 e. The number of hydrogen-bond acceptors (Lipinski definition) is 12. The van der Waals surface area contributed by atoms with E-state index in [9.17, 15) is 18.4 Å². The van der Waals surface area contributed by atoms with Crippen LogP contribution in [-0.2, 0) is 9.31 Å². The zero-order valence-electron chi connectivity index (χ0n) is 36.2. The maximum Gasteiger partial charge on any atom is 0.494 e. The highest BCUT2D eigenvalue weighted by Gasteiger charge is 2.51. The predicted octanol–water partition coefficient (Wildman–Crippen LogP) is 8.71. The summed E-state index contributed by atoms with van der Waals surface area (Å²) in [6.07, 6.45) is 13.4. The van der Waals surface area contributed by atoms with E-state index in [1.54, 1.807) is 20.0 Å². The van der Waals surface area contributed by atoms with Crippen LogP contribution < -0.4 is 26.7 Å². The molecule has 4 aromatic heterocycles. The van der Waals surface area contributed by atoms with E-state index >= 15 is 0 Å². The van der Waals surface area contributed by atoms with Crippen LogP contribution in [0.15, 0.2) is 102 Å². The fourth-order valence-corrected chi connectivity index (χ4v) is 6.35. The molecule has 2 aromatic carbocycles. The van der Waals surface area contributed by atoms with Gasteiger partial charge in [-0.1, -0.05) is 24.3 Å². The Hall–Kier alpha value is -6.24. The molecule has 14 nitrogen and oxygen atoms in total. The van der Waals surface area contributed by atoms with Gasteiger partial charge in [0.25, 0.3) is 11.8 Å². The quantitative estimate of drug-likeness (QED) is 0.0963. The molecule has 3 aliphatic rings. The molecule has 64 heavy (non-hydrogen) atoms. The van der Waals surface area contributed by atoms with Gasteiger partial charge in [-0.2, -0.15) is 0 Å². The van der Waals surface area contributed by atoms with Gasteiger partial charge in [0, 0.05) is 70.7 Å². The number of nitrogens with zero attached hydrogens (tertiary/aromatic N) is 6. The molecule has 2 aliphatic carbocycles. The Kier molecular flexibility index (Phi) is 14.1. The topological polar surface area (TPSA) is 178 Å². The molecule has 3 fully saturated rings. The highest BCUT2D eigenvalue weighted by Crippen LogP contribution is 2.37. The van der Waals surface area contributed by atoms with Crippen molar-refractivity contribution in [2.24, 2.45) is 0 Å². The van der Waals surface area contributed by atoms with Crippen molar-refractivity contribution in [1.29, 1.82) is 0 Å². The van der Waals surface area contributed by atoms with E-state index in [1.165, 1.54) is 68.8 Å². The lowest BCUT2D eigenvalue weighted by Crippen LogP contribution is -2.41. The minimum absolute atomic E-state index is 0.128. The molecule has 2 amide bonds. The van der Waals surface area contributed by atoms with E-state index in [0.29, 0.717) is 33.8 Å². The number of carbonyl (C=O) groups is 2. The Morgan fingerprint density at radius 2 is 1.09 bits per heavy atom. The molecule has 330 valence electrons. The summed E-state index contributed by atoms with van der Waals surface area (Å²) in [5.41, 5.74) is 4.68. The molecule has 0 spiro atoms. The Balaban J connectivity index is 0.000000148. The van der Waals surface area contributed by atoms with Crippen LogP contribution in [0.1, 0.15) is 85.7 Å². The van der Waals surface area contributed by atoms with Gasteiger partial charge in [-0.3, -0.25) is 9.59 Å². The Labute approximate surface area is 379 Å². The summed E-state index contributed by atoms with van der Waals surface area (Å²) in [6.45, 7) is 11.8. The maximum absolute atomic E-state index is 14.5. The largest absolute Gasteiger partial charge is 0.494 e. The molecule has 4 N–H and O–H groups in total. The molecule has 1 saturated heterocycles. The van der Waals surface area contributed by atoms with E-state index in [4.69, 9.17) is 9.31 Å². The number of rotatable bonds is 10. The summed E-state index contributed by atoms with van der Waals surface area (Å²) >= 11 is 3.08. The van der Waals surface area contributed by atoms with Crippen LogP contribution in [0.2, 0.25) is 0 Å². The lowest BCUT2D eigenvalue weighted by atomic mass is 9.79. The summed E-state index contributed by atoms with van der Waals surface area (Å²) in [5.74, 6) is -1.40. The average Bonchev–Trinajstić information content (AvgIpc) is 4.21. The van der Waals surface area contributed by atoms with Crippen molar-refractivity contribution >= 4 is 63.3 Å². The number of pyridine rings is 2. The lowest BCUT2D eigenvalue weighted by molar-refractivity contribution is 0.00578. The molecule has 0 bridgehead atoms. The van der Waals surface area contributed by atoms with E-state index < -0.39 is 23.4 Å². The van der Waals surface area contributed by atoms with Crippen LogP contribution in [0.25, 0.3) is 11.1 Å². The molecule has 9 rings (SSSR count). The molecule has 18 heteroatoms. The molecule has 2 saturated carbocycles. The number of carbonyl (C=O) groups excluding carboxylic acids is 2. The summed E-state index contributed by atoms with van der Waals surface area (Å²) in [7, 11) is -0.272. The van der Waals surface area contributed by atoms with E-state index in [-0.39, 0.29) is 41.1 Å². The van der Waals surface area contributed by atoms with Crippen LogP contribution in [0.5, 0.6) is 0 Å². The standard InChI is InChI=1S/C20H18FN5O.C15H22BNO2.C11H8BrFN4O/c1-12-22-10-15(11-23-12)20(27)26-19-18(21)8-14(9-24-19)13-3-2-4-17(7-13)25-16-5-6-16;1-14(2)15(3,4)19-16(18-14)11-6-5-7-13(10-11)17-12-8-9-12;1-6-14-3-7(4-15-6)11(18)17-10-9(13)2-8(12)5-16-10/h2-4,7-11,16,25H,5-6H2,1H3,(H,24,26,27);5-7,10,12,17H,8-9H2,1-4H3;2-5H,1H3,(H,16,17,18). The first-order valence-electron chi connectivity index (χ1n) is 20.8. The van der Waals surface area contributed by atoms with Crippen LogP contribution in [0.3, 0.4) is 0 Å². The van der Waals surface area contributed by atoms with Crippen molar-refractivity contribution in [1.82, 2.24) is 29.9 Å². The first-order chi connectivity index (χ1) is 30.5. The number of hydrogen-bond donors (Lipinski definition) is 4. The molecule has 0 atom stereocenters. The van der Waals surface area contributed by atoms with Gasteiger partial charge in [0.05, 0.1) is 22.3 Å². The summed E-state index contributed by atoms with van der Waals surface area (Å²) in [5, 5.41) is 11.7. The highest BCUT2D eigenvalue weighted by atomic mass is 79.9. The number of benzene rings is 2. The summed E-state index contributed by atoms with van der Waals surface area (Å²) < 4.78 is 40.6. The SMILES string of the molecule is CC1(C)OB(c2cccc(NC3CC3)c2)OC1(C)C.Cc1ncc(C(=O)Nc2ncc(-c3cccc(NC4CC4)c3)cc2F)cn1.Cc1ncc(C(=O)Nc2ncc(Br)cc2F)cn1. The van der Waals surface area contributed by atoms with E-state index in [1.807, 2.05) is 24.3 Å². The van der Waals surface area contributed by atoms with Crippen LogP contribution in [0, 0.1) is 25.5 Å². The number of halogens is 3. The van der Waals surface area contributed by atoms with Gasteiger partial charge in [0.2, 0.25) is 0 Å². The molecular formula is C46H48BBrF2N10O4. The van der Waals surface area contributed by atoms with Gasteiger partial charge < -0.3 is 30.6 Å². The highest BCUT2D eigenvalue weighted by molar-refractivity contribution is 9.10. The monoisotopic (exact) mass is 932 g/mol. The van der Waals surface area contributed by atoms with Crippen molar-refractivity contribution in [3.8, 4) is 11.1 Å². The summed E-state index contributed by atoms with van der Waals surface area (Å²) in [4.78, 5) is 47.5. The second kappa shape index (κ2) is 19.7. The van der Waals surface area contributed by atoms with Gasteiger partial charge in [-0.05, 0) is 131 Å². The normalized spacial score (nSPS) is 15.7. The van der Waals surface area contributed by atoms with Crippen molar-refractivity contribution in [3.05, 3.63) is 137 Å². The van der Waals surface area contributed by atoms with Crippen LogP contribution in [0.4, 0.5) is 31.8 Å². The Morgan fingerprint density at radius 1 is 0.625 bits per heavy atom. The minimum atomic E-state index is -0.620. The second-order valence-electron chi connectivity index (χ2n) is 16.6. The first-order valence-corrected chi connectivity index (χ1v) is 21.6. The molecule has 6 aromatic rings. The molecular weight excluding hydrogens is 885 g/mol. The molecule has 0 radical (unpaired) electrons. The van der Waals surface area contributed by atoms with Crippen molar-refractivity contribution in [3.63, 3.8) is 0 Å². The Morgan fingerprint density at radius 3 is 1.58 bits per heavy atom. The maximum atomic E-state index is 14.5. The van der Waals surface area contributed by atoms with Gasteiger partial charge in [0.15, 0.2) is 23.3 Å². The van der Waals surface area contributed by atoms with Gasteiger partial charge >= 0.3 is 7.12 Å². The zero-order valence-corrected chi connectivity index (χ0v) is 37.8. The number of aromatic nitrogens is 6. The first kappa shape index (κ1) is 45.8. The van der Waals surface area contributed by atoms with Gasteiger partial charge in [0.1, 0.15) is 11.6 Å². The summed E-state index contributed by atoms with van der Waals surface area (Å²) in [6, 6.07) is 19.9. The van der Waals surface area contributed by atoms with Crippen molar-refractivity contribution in [2.75, 3.05) is 21.3 Å². The van der Waals surface area contributed by atoms with Crippen molar-refractivity contribution < 1.29 is 27.7 Å². The van der Waals surface area contributed by atoms with Crippen LogP contribution in [-0.4, -0.2) is 72.1 Å². The average molecular weight is 934 g/mol. The van der Waals surface area contributed by atoms with Gasteiger partial charge in [-0.15, -0.1) is 0 Å². The molecule has 0 unspecified atom stereocenters. The molecule has 5 heterocycles. The zero-order chi connectivity index (χ0) is 45.6. The third-order valence-electron chi connectivity index (χ3n) is 10.7. The number of anilines is 4. The van der Waals surface area contributed by atoms with Crippen molar-refractivity contribution in [2.45, 2.75) is 90.5 Å². The minimum Gasteiger partial charge on any atom is -0.399 e. The fourth-order valence-electron chi connectivity index (χ4n) is 6.04. The second-order valence-corrected chi connectivity index (χ2v) is 17.5. The third kappa shape index (κ3) is 12.3. The fraction of sp³-hybridized carbons (Fsp3) is 0.304. The lowest BCUT2D eigenvalue weighted by Gasteiger charge is -2.32. The van der Waals surface area contributed by atoms with Gasteiger partial charge in [-0.25, -0.2) is 38.7 Å². The van der Waals surface area contributed by atoms with E-state index in [2.05, 4.69) is 119 Å². The molecule has 1 aliphatic heterocycles. The number of aryl methyl sites for hydroxylation is 2. The third-order valence-corrected chi connectivity index (χ3v) is 11.1. The number of amides is 2. The Bertz CT molecular complexity index is 2600. The predicted molar refractivity (Wildman–Crippen MR) is 246 cm³/mol. The number of nitrogens with one attached hydrogen (secondary N) is 4. The van der Waals surface area contributed by atoms with Crippen LogP contribution >= 0.6 is 15.9 Å². The van der Waals surface area contributed by atoms with E-state index in [0.717, 1.165) is 22.4 Å².